The number of anilines is 2. The van der Waals surface area contributed by atoms with E-state index in [4.69, 9.17) is 16.3 Å². The maximum Gasteiger partial charge on any atom is 0.239 e. The van der Waals surface area contributed by atoms with E-state index in [1.165, 1.54) is 0 Å². The molecule has 0 bridgehead atoms. The normalized spacial score (nSPS) is 11.9. The Morgan fingerprint density at radius 1 is 1.19 bits per heavy atom. The molecule has 0 radical (unpaired) electrons. The fourth-order valence-corrected chi connectivity index (χ4v) is 2.27. The molecule has 1 heterocycles. The summed E-state index contributed by atoms with van der Waals surface area (Å²) in [6.45, 7) is 2.09. The topological polar surface area (TPSA) is 37.4 Å². The highest BCUT2D eigenvalue weighted by Crippen LogP contribution is 2.34. The first kappa shape index (κ1) is 15.4. The molecule has 112 valence electrons. The van der Waals surface area contributed by atoms with E-state index in [1.807, 2.05) is 49.3 Å². The zero-order chi connectivity index (χ0) is 15.4. The highest BCUT2D eigenvalue weighted by Gasteiger charge is 2.15. The molecule has 5 heteroatoms. The molecule has 4 nitrogen and oxygen atoms in total. The van der Waals surface area contributed by atoms with Crippen molar-refractivity contribution in [1.82, 2.24) is 4.98 Å². The summed E-state index contributed by atoms with van der Waals surface area (Å²) in [5.41, 5.74) is 3.06. The van der Waals surface area contributed by atoms with Crippen LogP contribution >= 0.6 is 11.6 Å². The molecule has 0 saturated carbocycles. The first-order valence-electron chi connectivity index (χ1n) is 6.75. The summed E-state index contributed by atoms with van der Waals surface area (Å²) in [6, 6.07) is 9.87. The number of benzene rings is 1. The minimum absolute atomic E-state index is 0.110. The van der Waals surface area contributed by atoms with Gasteiger partial charge in [-0.25, -0.2) is 4.98 Å². The van der Waals surface area contributed by atoms with Crippen LogP contribution < -0.4 is 15.0 Å². The number of halogens is 1. The van der Waals surface area contributed by atoms with Crippen molar-refractivity contribution in [2.24, 2.45) is 0 Å². The van der Waals surface area contributed by atoms with Gasteiger partial charge >= 0.3 is 0 Å². The quantitative estimate of drug-likeness (QED) is 0.906. The van der Waals surface area contributed by atoms with E-state index in [0.29, 0.717) is 5.88 Å². The molecule has 1 atom stereocenters. The van der Waals surface area contributed by atoms with Gasteiger partial charge in [-0.05, 0) is 30.7 Å². The third-order valence-electron chi connectivity index (χ3n) is 3.30. The van der Waals surface area contributed by atoms with E-state index >= 15 is 0 Å². The van der Waals surface area contributed by atoms with Crippen molar-refractivity contribution in [3.05, 3.63) is 47.1 Å². The molecule has 1 N–H and O–H groups in total. The van der Waals surface area contributed by atoms with Crippen LogP contribution in [0.2, 0.25) is 5.02 Å². The van der Waals surface area contributed by atoms with E-state index in [0.717, 1.165) is 22.0 Å². The van der Waals surface area contributed by atoms with Crippen molar-refractivity contribution in [2.75, 3.05) is 31.4 Å². The van der Waals surface area contributed by atoms with E-state index in [1.54, 1.807) is 13.3 Å². The van der Waals surface area contributed by atoms with Crippen LogP contribution in [-0.4, -0.2) is 26.2 Å². The Hall–Kier alpha value is -1.94. The minimum atomic E-state index is 0.110. The molecule has 2 rings (SSSR count). The molecule has 1 aromatic heterocycles. The molecule has 0 fully saturated rings. The van der Waals surface area contributed by atoms with Crippen LogP contribution in [0, 0.1) is 0 Å². The van der Waals surface area contributed by atoms with Gasteiger partial charge in [0.2, 0.25) is 5.88 Å². The molecule has 0 aliphatic rings. The molecule has 1 unspecified atom stereocenters. The minimum Gasteiger partial charge on any atom is -0.479 e. The summed E-state index contributed by atoms with van der Waals surface area (Å²) in [7, 11) is 5.61. The van der Waals surface area contributed by atoms with Gasteiger partial charge in [0.15, 0.2) is 0 Å². The summed E-state index contributed by atoms with van der Waals surface area (Å²) in [5.74, 6) is 0.585. The van der Waals surface area contributed by atoms with Gasteiger partial charge in [-0.1, -0.05) is 23.7 Å². The van der Waals surface area contributed by atoms with Crippen LogP contribution in [0.25, 0.3) is 0 Å². The number of hydrogen-bond donors (Lipinski definition) is 1. The number of hydrogen-bond acceptors (Lipinski definition) is 4. The average Bonchev–Trinajstić information content (AvgIpc) is 2.47. The van der Waals surface area contributed by atoms with Gasteiger partial charge in [-0.3, -0.25) is 0 Å². The van der Waals surface area contributed by atoms with E-state index in [2.05, 4.69) is 17.2 Å². The zero-order valence-corrected chi connectivity index (χ0v) is 13.5. The van der Waals surface area contributed by atoms with Crippen molar-refractivity contribution in [3.63, 3.8) is 0 Å². The Bertz CT molecular complexity index is 599. The van der Waals surface area contributed by atoms with Crippen LogP contribution in [0.5, 0.6) is 5.88 Å². The summed E-state index contributed by atoms with van der Waals surface area (Å²) >= 11 is 5.93. The van der Waals surface area contributed by atoms with Crippen LogP contribution in [0.3, 0.4) is 0 Å². The molecule has 2 aromatic rings. The molecule has 0 saturated heterocycles. The van der Waals surface area contributed by atoms with Crippen LogP contribution in [0.1, 0.15) is 18.5 Å². The zero-order valence-electron chi connectivity index (χ0n) is 12.7. The van der Waals surface area contributed by atoms with E-state index in [9.17, 15) is 0 Å². The number of nitrogens with one attached hydrogen (secondary N) is 1. The highest BCUT2D eigenvalue weighted by molar-refractivity contribution is 6.30. The second-order valence-corrected chi connectivity index (χ2v) is 5.46. The Kier molecular flexibility index (Phi) is 4.91. The Balaban J connectivity index is 2.31. The number of rotatable bonds is 5. The van der Waals surface area contributed by atoms with Crippen molar-refractivity contribution < 1.29 is 4.74 Å². The maximum absolute atomic E-state index is 5.93. The summed E-state index contributed by atoms with van der Waals surface area (Å²) in [6.07, 6.45) is 1.74. The molecule has 1 aromatic carbocycles. The number of methoxy groups -OCH3 is 1. The number of pyridine rings is 1. The molecular weight excluding hydrogens is 286 g/mol. The number of ether oxygens (including phenoxy) is 1. The molecule has 0 aliphatic carbocycles. The Labute approximate surface area is 130 Å². The van der Waals surface area contributed by atoms with Crippen LogP contribution in [0.4, 0.5) is 11.4 Å². The van der Waals surface area contributed by atoms with Gasteiger partial charge in [0.05, 0.1) is 12.8 Å². The van der Waals surface area contributed by atoms with Gasteiger partial charge in [0, 0.05) is 31.4 Å². The predicted octanol–water partition coefficient (Wildman–Crippen LogP) is 3.98. The maximum atomic E-state index is 5.93. The smallest absolute Gasteiger partial charge is 0.239 e. The van der Waals surface area contributed by atoms with E-state index in [-0.39, 0.29) is 6.04 Å². The standard InChI is InChI=1S/C16H20ClN3O/c1-11(12-5-7-13(17)8-6-12)19-15-14(20(2)3)9-10-18-16(15)21-4/h5-11,19H,1-4H3. The molecule has 0 aliphatic heterocycles. The van der Waals surface area contributed by atoms with E-state index < -0.39 is 0 Å². The second-order valence-electron chi connectivity index (χ2n) is 5.03. The molecule has 0 amide bonds. The van der Waals surface area contributed by atoms with Gasteiger partial charge in [-0.15, -0.1) is 0 Å². The number of aromatic nitrogens is 1. The van der Waals surface area contributed by atoms with Crippen molar-refractivity contribution in [2.45, 2.75) is 13.0 Å². The molecule has 21 heavy (non-hydrogen) atoms. The van der Waals surface area contributed by atoms with Gasteiger partial charge in [0.1, 0.15) is 5.69 Å². The second kappa shape index (κ2) is 6.68. The van der Waals surface area contributed by atoms with Crippen LogP contribution in [0.15, 0.2) is 36.5 Å². The van der Waals surface area contributed by atoms with Gasteiger partial charge in [0.25, 0.3) is 0 Å². The van der Waals surface area contributed by atoms with Crippen molar-refractivity contribution >= 4 is 23.0 Å². The predicted molar refractivity (Wildman–Crippen MR) is 88.6 cm³/mol. The van der Waals surface area contributed by atoms with Gasteiger partial charge < -0.3 is 15.0 Å². The lowest BCUT2D eigenvalue weighted by molar-refractivity contribution is 0.399. The first-order chi connectivity index (χ1) is 10.0. The SMILES string of the molecule is COc1nccc(N(C)C)c1NC(C)c1ccc(Cl)cc1. The average molecular weight is 306 g/mol. The third kappa shape index (κ3) is 3.58. The highest BCUT2D eigenvalue weighted by atomic mass is 35.5. The Morgan fingerprint density at radius 2 is 1.86 bits per heavy atom. The number of nitrogens with zero attached hydrogens (tertiary/aromatic N) is 2. The van der Waals surface area contributed by atoms with Crippen LogP contribution in [-0.2, 0) is 0 Å². The fraction of sp³-hybridized carbons (Fsp3) is 0.312. The largest absolute Gasteiger partial charge is 0.479 e. The lowest BCUT2D eigenvalue weighted by Crippen LogP contribution is -2.15. The third-order valence-corrected chi connectivity index (χ3v) is 3.55. The van der Waals surface area contributed by atoms with Crippen molar-refractivity contribution in [3.8, 4) is 5.88 Å². The lowest BCUT2D eigenvalue weighted by Gasteiger charge is -2.23. The van der Waals surface area contributed by atoms with Crippen molar-refractivity contribution in [1.29, 1.82) is 0 Å². The summed E-state index contributed by atoms with van der Waals surface area (Å²) in [4.78, 5) is 6.30. The molecular formula is C16H20ClN3O. The summed E-state index contributed by atoms with van der Waals surface area (Å²) < 4.78 is 5.37. The Morgan fingerprint density at radius 3 is 2.43 bits per heavy atom. The fourth-order valence-electron chi connectivity index (χ4n) is 2.15. The monoisotopic (exact) mass is 305 g/mol. The van der Waals surface area contributed by atoms with Gasteiger partial charge in [-0.2, -0.15) is 0 Å². The lowest BCUT2D eigenvalue weighted by atomic mass is 10.1. The summed E-state index contributed by atoms with van der Waals surface area (Å²) in [5, 5.41) is 4.21. The first-order valence-corrected chi connectivity index (χ1v) is 7.13. The molecule has 0 spiro atoms.